The van der Waals surface area contributed by atoms with Crippen LogP contribution in [0.4, 0.5) is 4.39 Å². The van der Waals surface area contributed by atoms with Gasteiger partial charge in [0.1, 0.15) is 6.17 Å². The fourth-order valence-electron chi connectivity index (χ4n) is 4.97. The topological polar surface area (TPSA) is 69.7 Å². The Morgan fingerprint density at radius 3 is 2.50 bits per heavy atom. The highest BCUT2D eigenvalue weighted by Gasteiger charge is 2.47. The van der Waals surface area contributed by atoms with Crippen LogP contribution in [0, 0.1) is 0 Å². The van der Waals surface area contributed by atoms with Crippen LogP contribution in [0.25, 0.3) is 0 Å². The van der Waals surface area contributed by atoms with Crippen molar-refractivity contribution in [1.29, 1.82) is 0 Å². The Balaban J connectivity index is 1.75. The maximum Gasteiger partial charge on any atom is 0.251 e. The van der Waals surface area contributed by atoms with Gasteiger partial charge >= 0.3 is 0 Å². The predicted octanol–water partition coefficient (Wildman–Crippen LogP) is 2.81. The van der Waals surface area contributed by atoms with Gasteiger partial charge in [0.05, 0.1) is 5.75 Å². The summed E-state index contributed by atoms with van der Waals surface area (Å²) in [6.45, 7) is 5.77. The van der Waals surface area contributed by atoms with Gasteiger partial charge in [0.15, 0.2) is 0 Å². The summed E-state index contributed by atoms with van der Waals surface area (Å²) in [5.74, 6) is 0.00133. The first-order chi connectivity index (χ1) is 14.3. The average Bonchev–Trinajstić information content (AvgIpc) is 2.74. The van der Waals surface area contributed by atoms with Gasteiger partial charge in [-0.05, 0) is 51.2 Å². The van der Waals surface area contributed by atoms with Crippen molar-refractivity contribution in [2.24, 2.45) is 0 Å². The van der Waals surface area contributed by atoms with Crippen LogP contribution in [-0.4, -0.2) is 73.2 Å². The van der Waals surface area contributed by atoms with Crippen molar-refractivity contribution < 1.29 is 17.6 Å². The predicted molar refractivity (Wildman–Crippen MR) is 117 cm³/mol. The molecule has 0 radical (unpaired) electrons. The van der Waals surface area contributed by atoms with Crippen molar-refractivity contribution in [3.05, 3.63) is 35.9 Å². The SMILES string of the molecule is CCCS(=O)(=O)N1CCN(C2(C(C)NC(=O)c3ccccc3)CCCC(F)C2)CC1. The second-order valence-corrected chi connectivity index (χ2v) is 10.6. The summed E-state index contributed by atoms with van der Waals surface area (Å²) >= 11 is 0. The summed E-state index contributed by atoms with van der Waals surface area (Å²) in [7, 11) is -3.23. The summed E-state index contributed by atoms with van der Waals surface area (Å²) in [5.41, 5.74) is 0.0884. The van der Waals surface area contributed by atoms with E-state index in [-0.39, 0.29) is 17.7 Å². The van der Waals surface area contributed by atoms with Crippen molar-refractivity contribution in [3.8, 4) is 0 Å². The highest BCUT2D eigenvalue weighted by atomic mass is 32.2. The minimum absolute atomic E-state index is 0.160. The quantitative estimate of drug-likeness (QED) is 0.709. The molecule has 1 heterocycles. The van der Waals surface area contributed by atoms with Crippen LogP contribution >= 0.6 is 0 Å². The van der Waals surface area contributed by atoms with Crippen molar-refractivity contribution in [2.45, 2.75) is 63.7 Å². The molecule has 0 spiro atoms. The van der Waals surface area contributed by atoms with E-state index in [1.165, 1.54) is 0 Å². The molecule has 1 N–H and O–H groups in total. The Kier molecular flexibility index (Phi) is 7.52. The van der Waals surface area contributed by atoms with Crippen LogP contribution in [0.2, 0.25) is 0 Å². The van der Waals surface area contributed by atoms with Crippen LogP contribution in [0.3, 0.4) is 0 Å². The standard InChI is InChI=1S/C22H34FN3O3S/c1-3-16-30(28,29)26-14-12-25(13-15-26)22(11-7-10-20(23)17-22)18(2)24-21(27)19-8-5-4-6-9-19/h4-6,8-9,18,20H,3,7,10-17H2,1-2H3,(H,24,27). The zero-order valence-corrected chi connectivity index (χ0v) is 18.8. The lowest BCUT2D eigenvalue weighted by Gasteiger charge is -2.53. The Labute approximate surface area is 179 Å². The number of alkyl halides is 1. The lowest BCUT2D eigenvalue weighted by molar-refractivity contribution is -0.0206. The molecular weight excluding hydrogens is 405 g/mol. The monoisotopic (exact) mass is 439 g/mol. The third kappa shape index (κ3) is 5.03. The second kappa shape index (κ2) is 9.75. The van der Waals surface area contributed by atoms with Crippen LogP contribution in [0.1, 0.15) is 56.3 Å². The molecular formula is C22H34FN3O3S. The summed E-state index contributed by atoms with van der Waals surface area (Å²) in [6, 6.07) is 8.80. The van der Waals surface area contributed by atoms with Gasteiger partial charge in [-0.3, -0.25) is 9.69 Å². The molecule has 6 nitrogen and oxygen atoms in total. The minimum atomic E-state index is -3.23. The molecule has 1 saturated heterocycles. The Bertz CT molecular complexity index is 812. The van der Waals surface area contributed by atoms with Crippen LogP contribution in [-0.2, 0) is 10.0 Å². The summed E-state index contributed by atoms with van der Waals surface area (Å²) < 4.78 is 41.0. The maximum atomic E-state index is 14.6. The third-order valence-electron chi connectivity index (χ3n) is 6.62. The third-order valence-corrected chi connectivity index (χ3v) is 8.69. The molecule has 1 amide bonds. The summed E-state index contributed by atoms with van der Waals surface area (Å²) in [5, 5.41) is 3.11. The normalized spacial score (nSPS) is 27.5. The Hall–Kier alpha value is -1.51. The molecule has 30 heavy (non-hydrogen) atoms. The second-order valence-electron chi connectivity index (χ2n) is 8.56. The molecule has 2 aliphatic rings. The number of piperazine rings is 1. The number of amides is 1. The van der Waals surface area contributed by atoms with E-state index in [4.69, 9.17) is 0 Å². The number of hydrogen-bond donors (Lipinski definition) is 1. The molecule has 3 rings (SSSR count). The summed E-state index contributed by atoms with van der Waals surface area (Å²) in [6.07, 6.45) is 2.17. The van der Waals surface area contributed by atoms with Gasteiger partial charge in [-0.2, -0.15) is 4.31 Å². The fourth-order valence-corrected chi connectivity index (χ4v) is 6.47. The largest absolute Gasteiger partial charge is 0.348 e. The fraction of sp³-hybridized carbons (Fsp3) is 0.682. The minimum Gasteiger partial charge on any atom is -0.348 e. The van der Waals surface area contributed by atoms with E-state index in [0.717, 1.165) is 12.8 Å². The van der Waals surface area contributed by atoms with Gasteiger partial charge in [0, 0.05) is 43.3 Å². The van der Waals surface area contributed by atoms with Crippen molar-refractivity contribution in [1.82, 2.24) is 14.5 Å². The smallest absolute Gasteiger partial charge is 0.251 e. The number of benzene rings is 1. The number of rotatable bonds is 7. The van der Waals surface area contributed by atoms with Crippen molar-refractivity contribution in [3.63, 3.8) is 0 Å². The molecule has 3 unspecified atom stereocenters. The van der Waals surface area contributed by atoms with Crippen LogP contribution in [0.5, 0.6) is 0 Å². The first-order valence-corrected chi connectivity index (χ1v) is 12.6. The highest BCUT2D eigenvalue weighted by molar-refractivity contribution is 7.89. The maximum absolute atomic E-state index is 14.6. The van der Waals surface area contributed by atoms with E-state index in [1.807, 2.05) is 32.0 Å². The number of sulfonamides is 1. The molecule has 0 bridgehead atoms. The van der Waals surface area contributed by atoms with Gasteiger partial charge in [0.25, 0.3) is 5.91 Å². The van der Waals surface area contributed by atoms with Crippen LogP contribution < -0.4 is 5.32 Å². The number of hydrogen-bond acceptors (Lipinski definition) is 4. The van der Waals surface area contributed by atoms with Crippen molar-refractivity contribution >= 4 is 15.9 Å². The van der Waals surface area contributed by atoms with E-state index in [1.54, 1.807) is 16.4 Å². The van der Waals surface area contributed by atoms with Gasteiger partial charge < -0.3 is 5.32 Å². The number of nitrogens with one attached hydrogen (secondary N) is 1. The van der Waals surface area contributed by atoms with E-state index in [2.05, 4.69) is 10.2 Å². The van der Waals surface area contributed by atoms with E-state index in [0.29, 0.717) is 51.0 Å². The summed E-state index contributed by atoms with van der Waals surface area (Å²) in [4.78, 5) is 15.0. The molecule has 1 saturated carbocycles. The van der Waals surface area contributed by atoms with Gasteiger partial charge in [-0.25, -0.2) is 12.8 Å². The molecule has 168 valence electrons. The molecule has 2 fully saturated rings. The Morgan fingerprint density at radius 1 is 1.23 bits per heavy atom. The number of nitrogens with zero attached hydrogens (tertiary/aromatic N) is 2. The molecule has 1 aromatic carbocycles. The average molecular weight is 440 g/mol. The lowest BCUT2D eigenvalue weighted by atomic mass is 9.74. The van der Waals surface area contributed by atoms with Gasteiger partial charge in [-0.15, -0.1) is 0 Å². The molecule has 0 aromatic heterocycles. The zero-order valence-electron chi connectivity index (χ0n) is 18.0. The molecule has 1 aromatic rings. The number of halogens is 1. The molecule has 1 aliphatic carbocycles. The molecule has 1 aliphatic heterocycles. The lowest BCUT2D eigenvalue weighted by Crippen LogP contribution is -2.67. The number of carbonyl (C=O) groups excluding carboxylic acids is 1. The first-order valence-electron chi connectivity index (χ1n) is 11.0. The van der Waals surface area contributed by atoms with E-state index < -0.39 is 21.7 Å². The highest BCUT2D eigenvalue weighted by Crippen LogP contribution is 2.39. The van der Waals surface area contributed by atoms with Gasteiger partial charge in [-0.1, -0.05) is 25.1 Å². The van der Waals surface area contributed by atoms with Crippen LogP contribution in [0.15, 0.2) is 30.3 Å². The molecule has 8 heteroatoms. The zero-order chi connectivity index (χ0) is 21.8. The number of carbonyl (C=O) groups is 1. The van der Waals surface area contributed by atoms with E-state index >= 15 is 0 Å². The molecule has 3 atom stereocenters. The van der Waals surface area contributed by atoms with Gasteiger partial charge in [0.2, 0.25) is 10.0 Å². The van der Waals surface area contributed by atoms with E-state index in [9.17, 15) is 17.6 Å². The Morgan fingerprint density at radius 2 is 1.90 bits per heavy atom. The first kappa shape index (κ1) is 23.2. The van der Waals surface area contributed by atoms with Crippen molar-refractivity contribution in [2.75, 3.05) is 31.9 Å².